The predicted octanol–water partition coefficient (Wildman–Crippen LogP) is 5.24. The van der Waals surface area contributed by atoms with Crippen molar-refractivity contribution in [2.45, 2.75) is 0 Å². The standard InChI is InChI=1S/C21H15Cl2NO3/c22-16-8-11-19(18(23)12-16)24-20(25)13-27-17-9-6-15(7-10-17)21(26)14-4-2-1-3-5-14/h1-12H,13H2,(H,24,25). The van der Waals surface area contributed by atoms with Crippen LogP contribution in [0.25, 0.3) is 0 Å². The van der Waals surface area contributed by atoms with Gasteiger partial charge in [0.1, 0.15) is 5.75 Å². The Labute approximate surface area is 166 Å². The van der Waals surface area contributed by atoms with Gasteiger partial charge in [0.15, 0.2) is 12.4 Å². The van der Waals surface area contributed by atoms with Crippen molar-refractivity contribution < 1.29 is 14.3 Å². The Morgan fingerprint density at radius 2 is 1.52 bits per heavy atom. The number of rotatable bonds is 6. The Morgan fingerprint density at radius 3 is 2.19 bits per heavy atom. The van der Waals surface area contributed by atoms with Gasteiger partial charge in [-0.3, -0.25) is 9.59 Å². The third-order valence-electron chi connectivity index (χ3n) is 3.73. The summed E-state index contributed by atoms with van der Waals surface area (Å²) < 4.78 is 5.45. The van der Waals surface area contributed by atoms with Crippen LogP contribution >= 0.6 is 23.2 Å². The van der Waals surface area contributed by atoms with Gasteiger partial charge in [0.25, 0.3) is 5.91 Å². The van der Waals surface area contributed by atoms with E-state index in [1.165, 1.54) is 0 Å². The molecule has 1 amide bonds. The molecule has 4 nitrogen and oxygen atoms in total. The molecule has 0 aromatic heterocycles. The molecular weight excluding hydrogens is 385 g/mol. The number of ketones is 1. The number of amides is 1. The van der Waals surface area contributed by atoms with E-state index in [1.54, 1.807) is 54.6 Å². The highest BCUT2D eigenvalue weighted by Gasteiger charge is 2.10. The van der Waals surface area contributed by atoms with Crippen molar-refractivity contribution in [3.05, 3.63) is 94.0 Å². The van der Waals surface area contributed by atoms with E-state index < -0.39 is 0 Å². The molecule has 0 fully saturated rings. The molecule has 136 valence electrons. The number of halogens is 2. The fraction of sp³-hybridized carbons (Fsp3) is 0.0476. The lowest BCUT2D eigenvalue weighted by Gasteiger charge is -2.09. The maximum absolute atomic E-state index is 12.4. The number of benzene rings is 3. The molecular formula is C21H15Cl2NO3. The van der Waals surface area contributed by atoms with Crippen LogP contribution in [0.3, 0.4) is 0 Å². The first-order chi connectivity index (χ1) is 13.0. The molecule has 0 saturated carbocycles. The third kappa shape index (κ3) is 5.09. The Balaban J connectivity index is 1.57. The predicted molar refractivity (Wildman–Crippen MR) is 107 cm³/mol. The van der Waals surface area contributed by atoms with Gasteiger partial charge in [0.2, 0.25) is 0 Å². The summed E-state index contributed by atoms with van der Waals surface area (Å²) in [7, 11) is 0. The van der Waals surface area contributed by atoms with Gasteiger partial charge >= 0.3 is 0 Å². The first-order valence-corrected chi connectivity index (χ1v) is 8.86. The summed E-state index contributed by atoms with van der Waals surface area (Å²) in [6.07, 6.45) is 0. The third-order valence-corrected chi connectivity index (χ3v) is 4.28. The summed E-state index contributed by atoms with van der Waals surface area (Å²) in [5.74, 6) is 0.0536. The highest BCUT2D eigenvalue weighted by molar-refractivity contribution is 6.36. The second kappa shape index (κ2) is 8.71. The van der Waals surface area contributed by atoms with Crippen LogP contribution in [0.4, 0.5) is 5.69 Å². The van der Waals surface area contributed by atoms with Gasteiger partial charge < -0.3 is 10.1 Å². The molecule has 0 aliphatic rings. The van der Waals surface area contributed by atoms with Crippen LogP contribution in [0.1, 0.15) is 15.9 Å². The maximum Gasteiger partial charge on any atom is 0.262 e. The monoisotopic (exact) mass is 399 g/mol. The molecule has 1 N–H and O–H groups in total. The van der Waals surface area contributed by atoms with Gasteiger partial charge in [0, 0.05) is 16.1 Å². The summed E-state index contributed by atoms with van der Waals surface area (Å²) in [6, 6.07) is 20.4. The molecule has 0 atom stereocenters. The van der Waals surface area contributed by atoms with Gasteiger partial charge in [-0.1, -0.05) is 53.5 Å². The number of carbonyl (C=O) groups is 2. The van der Waals surface area contributed by atoms with Crippen LogP contribution in [0, 0.1) is 0 Å². The summed E-state index contributed by atoms with van der Waals surface area (Å²) in [5.41, 5.74) is 1.62. The van der Waals surface area contributed by atoms with E-state index in [2.05, 4.69) is 5.32 Å². The Morgan fingerprint density at radius 1 is 0.852 bits per heavy atom. The van der Waals surface area contributed by atoms with Gasteiger partial charge in [0.05, 0.1) is 10.7 Å². The first kappa shape index (κ1) is 19.0. The van der Waals surface area contributed by atoms with E-state index in [9.17, 15) is 9.59 Å². The Bertz CT molecular complexity index is 957. The molecule has 0 saturated heterocycles. The molecule has 0 bridgehead atoms. The quantitative estimate of drug-likeness (QED) is 0.576. The molecule has 0 unspecified atom stereocenters. The Kier molecular flexibility index (Phi) is 6.12. The van der Waals surface area contributed by atoms with Gasteiger partial charge in [-0.05, 0) is 42.5 Å². The molecule has 3 aromatic rings. The summed E-state index contributed by atoms with van der Waals surface area (Å²) in [4.78, 5) is 24.4. The lowest BCUT2D eigenvalue weighted by Crippen LogP contribution is -2.20. The molecule has 6 heteroatoms. The lowest BCUT2D eigenvalue weighted by molar-refractivity contribution is -0.118. The van der Waals surface area contributed by atoms with Crippen LogP contribution in [0.5, 0.6) is 5.75 Å². The molecule has 0 aliphatic heterocycles. The van der Waals surface area contributed by atoms with Crippen molar-refractivity contribution >= 4 is 40.6 Å². The number of nitrogens with one attached hydrogen (secondary N) is 1. The van der Waals surface area contributed by atoms with Crippen LogP contribution in [-0.4, -0.2) is 18.3 Å². The second-order valence-electron chi connectivity index (χ2n) is 5.68. The van der Waals surface area contributed by atoms with Crippen LogP contribution in [-0.2, 0) is 4.79 Å². The topological polar surface area (TPSA) is 55.4 Å². The fourth-order valence-electron chi connectivity index (χ4n) is 2.38. The molecule has 0 spiro atoms. The fourth-order valence-corrected chi connectivity index (χ4v) is 2.84. The minimum Gasteiger partial charge on any atom is -0.484 e. The van der Waals surface area contributed by atoms with E-state index in [1.807, 2.05) is 18.2 Å². The van der Waals surface area contributed by atoms with E-state index in [0.717, 1.165) is 0 Å². The number of anilines is 1. The van der Waals surface area contributed by atoms with Crippen molar-refractivity contribution in [3.8, 4) is 5.75 Å². The average Bonchev–Trinajstić information content (AvgIpc) is 2.69. The summed E-state index contributed by atoms with van der Waals surface area (Å²) in [5, 5.41) is 3.48. The summed E-state index contributed by atoms with van der Waals surface area (Å²) >= 11 is 11.8. The molecule has 3 aromatic carbocycles. The van der Waals surface area contributed by atoms with Crippen molar-refractivity contribution in [1.82, 2.24) is 0 Å². The number of hydrogen-bond acceptors (Lipinski definition) is 3. The van der Waals surface area contributed by atoms with Crippen LogP contribution in [0.15, 0.2) is 72.8 Å². The first-order valence-electron chi connectivity index (χ1n) is 8.10. The zero-order valence-corrected chi connectivity index (χ0v) is 15.6. The zero-order valence-electron chi connectivity index (χ0n) is 14.1. The summed E-state index contributed by atoms with van der Waals surface area (Å²) in [6.45, 7) is -0.190. The normalized spacial score (nSPS) is 10.3. The van der Waals surface area contributed by atoms with E-state index in [-0.39, 0.29) is 18.3 Å². The highest BCUT2D eigenvalue weighted by atomic mass is 35.5. The van der Waals surface area contributed by atoms with Gasteiger partial charge in [-0.2, -0.15) is 0 Å². The second-order valence-corrected chi connectivity index (χ2v) is 6.52. The average molecular weight is 400 g/mol. The van der Waals surface area contributed by atoms with E-state index in [4.69, 9.17) is 27.9 Å². The maximum atomic E-state index is 12.4. The van der Waals surface area contributed by atoms with Crippen molar-refractivity contribution in [1.29, 1.82) is 0 Å². The van der Waals surface area contributed by atoms with Crippen LogP contribution in [0.2, 0.25) is 10.0 Å². The number of hydrogen-bond donors (Lipinski definition) is 1. The largest absolute Gasteiger partial charge is 0.484 e. The highest BCUT2D eigenvalue weighted by Crippen LogP contribution is 2.25. The molecule has 0 radical (unpaired) electrons. The SMILES string of the molecule is O=C(COc1ccc(C(=O)c2ccccc2)cc1)Nc1ccc(Cl)cc1Cl. The molecule has 27 heavy (non-hydrogen) atoms. The van der Waals surface area contributed by atoms with Crippen molar-refractivity contribution in [2.75, 3.05) is 11.9 Å². The smallest absolute Gasteiger partial charge is 0.262 e. The Hall–Kier alpha value is -2.82. The van der Waals surface area contributed by atoms with Gasteiger partial charge in [-0.15, -0.1) is 0 Å². The van der Waals surface area contributed by atoms with Crippen LogP contribution < -0.4 is 10.1 Å². The molecule has 0 heterocycles. The van der Waals surface area contributed by atoms with Gasteiger partial charge in [-0.25, -0.2) is 0 Å². The number of carbonyl (C=O) groups excluding carboxylic acids is 2. The van der Waals surface area contributed by atoms with E-state index in [0.29, 0.717) is 32.6 Å². The van der Waals surface area contributed by atoms with Crippen molar-refractivity contribution in [3.63, 3.8) is 0 Å². The number of ether oxygens (including phenoxy) is 1. The molecule has 3 rings (SSSR count). The minimum atomic E-state index is -0.358. The lowest BCUT2D eigenvalue weighted by atomic mass is 10.0. The van der Waals surface area contributed by atoms with Crippen molar-refractivity contribution in [2.24, 2.45) is 0 Å². The zero-order chi connectivity index (χ0) is 19.2. The van der Waals surface area contributed by atoms with E-state index >= 15 is 0 Å². The minimum absolute atomic E-state index is 0.0720. The molecule has 0 aliphatic carbocycles.